The fraction of sp³-hybridized carbons (Fsp3) is 0.417. The molecule has 0 aromatic heterocycles. The van der Waals surface area contributed by atoms with E-state index in [-0.39, 0.29) is 12.5 Å². The number of anilines is 1. The number of amides is 1. The van der Waals surface area contributed by atoms with E-state index in [0.29, 0.717) is 12.8 Å². The van der Waals surface area contributed by atoms with E-state index in [1.807, 2.05) is 25.1 Å². The van der Waals surface area contributed by atoms with Gasteiger partial charge >= 0.3 is 0 Å². The molecule has 4 N–H and O–H groups in total. The number of benzene rings is 1. The molecule has 0 saturated carbocycles. The number of hydrogen-bond acceptors (Lipinski definition) is 3. The van der Waals surface area contributed by atoms with Crippen molar-refractivity contribution in [3.63, 3.8) is 0 Å². The SMILES string of the molecule is CC(N)(CCO)c1ccc2c(c1)CC(=O)N2. The summed E-state index contributed by atoms with van der Waals surface area (Å²) in [5.74, 6) is 0.0213. The zero-order chi connectivity index (χ0) is 11.8. The lowest BCUT2D eigenvalue weighted by Crippen LogP contribution is -2.34. The molecule has 1 aliphatic rings. The topological polar surface area (TPSA) is 75.3 Å². The third-order valence-corrected chi connectivity index (χ3v) is 3.02. The highest BCUT2D eigenvalue weighted by Gasteiger charge is 2.24. The number of fused-ring (bicyclic) bond motifs is 1. The quantitative estimate of drug-likeness (QED) is 0.703. The molecule has 4 nitrogen and oxygen atoms in total. The average Bonchev–Trinajstić information content (AvgIpc) is 2.56. The van der Waals surface area contributed by atoms with Crippen LogP contribution in [0, 0.1) is 0 Å². The van der Waals surface area contributed by atoms with Crippen molar-refractivity contribution in [2.75, 3.05) is 11.9 Å². The smallest absolute Gasteiger partial charge is 0.228 e. The van der Waals surface area contributed by atoms with Crippen molar-refractivity contribution in [1.29, 1.82) is 0 Å². The van der Waals surface area contributed by atoms with Crippen LogP contribution in [0.25, 0.3) is 0 Å². The van der Waals surface area contributed by atoms with E-state index in [2.05, 4.69) is 5.32 Å². The van der Waals surface area contributed by atoms with E-state index in [1.165, 1.54) is 0 Å². The molecule has 1 heterocycles. The Hall–Kier alpha value is -1.39. The van der Waals surface area contributed by atoms with Crippen molar-refractivity contribution in [3.8, 4) is 0 Å². The van der Waals surface area contributed by atoms with Crippen LogP contribution in [0.3, 0.4) is 0 Å². The Labute approximate surface area is 94.5 Å². The lowest BCUT2D eigenvalue weighted by Gasteiger charge is -2.24. The summed E-state index contributed by atoms with van der Waals surface area (Å²) < 4.78 is 0. The van der Waals surface area contributed by atoms with Gasteiger partial charge in [-0.1, -0.05) is 12.1 Å². The second kappa shape index (κ2) is 3.88. The summed E-state index contributed by atoms with van der Waals surface area (Å²) in [5.41, 5.74) is 8.37. The van der Waals surface area contributed by atoms with Crippen molar-refractivity contribution in [2.45, 2.75) is 25.3 Å². The normalized spacial score (nSPS) is 17.8. The summed E-state index contributed by atoms with van der Waals surface area (Å²) in [6.45, 7) is 1.94. The van der Waals surface area contributed by atoms with Gasteiger partial charge in [0.05, 0.1) is 6.42 Å². The van der Waals surface area contributed by atoms with Crippen LogP contribution in [0.4, 0.5) is 5.69 Å². The summed E-state index contributed by atoms with van der Waals surface area (Å²) in [7, 11) is 0. The van der Waals surface area contributed by atoms with Gasteiger partial charge in [0.25, 0.3) is 0 Å². The van der Waals surface area contributed by atoms with Crippen LogP contribution < -0.4 is 11.1 Å². The van der Waals surface area contributed by atoms with Crippen LogP contribution in [0.2, 0.25) is 0 Å². The van der Waals surface area contributed by atoms with Gasteiger partial charge in [0, 0.05) is 17.8 Å². The Morgan fingerprint density at radius 1 is 1.56 bits per heavy atom. The second-order valence-corrected chi connectivity index (χ2v) is 4.49. The minimum atomic E-state index is -0.546. The summed E-state index contributed by atoms with van der Waals surface area (Å²) in [6.07, 6.45) is 0.922. The highest BCUT2D eigenvalue weighted by atomic mass is 16.3. The minimum absolute atomic E-state index is 0.0213. The lowest BCUT2D eigenvalue weighted by molar-refractivity contribution is -0.115. The van der Waals surface area contributed by atoms with Crippen LogP contribution in [0.1, 0.15) is 24.5 Å². The zero-order valence-corrected chi connectivity index (χ0v) is 9.29. The van der Waals surface area contributed by atoms with Crippen LogP contribution in [-0.2, 0) is 16.8 Å². The molecule has 1 amide bonds. The molecule has 86 valence electrons. The van der Waals surface area contributed by atoms with Crippen LogP contribution in [0.5, 0.6) is 0 Å². The van der Waals surface area contributed by atoms with Crippen LogP contribution in [0.15, 0.2) is 18.2 Å². The Kier molecular flexibility index (Phi) is 2.69. The van der Waals surface area contributed by atoms with Gasteiger partial charge < -0.3 is 16.2 Å². The maximum absolute atomic E-state index is 11.2. The monoisotopic (exact) mass is 220 g/mol. The Bertz CT molecular complexity index is 427. The van der Waals surface area contributed by atoms with E-state index in [1.54, 1.807) is 0 Å². The summed E-state index contributed by atoms with van der Waals surface area (Å²) >= 11 is 0. The van der Waals surface area contributed by atoms with E-state index in [0.717, 1.165) is 16.8 Å². The average molecular weight is 220 g/mol. The van der Waals surface area contributed by atoms with Gasteiger partial charge in [0.1, 0.15) is 0 Å². The van der Waals surface area contributed by atoms with Crippen LogP contribution >= 0.6 is 0 Å². The van der Waals surface area contributed by atoms with Crippen molar-refractivity contribution in [2.24, 2.45) is 5.73 Å². The molecule has 0 radical (unpaired) electrons. The molecule has 0 fully saturated rings. The van der Waals surface area contributed by atoms with Crippen molar-refractivity contribution >= 4 is 11.6 Å². The summed E-state index contributed by atoms with van der Waals surface area (Å²) in [6, 6.07) is 5.72. The first-order valence-electron chi connectivity index (χ1n) is 5.36. The van der Waals surface area contributed by atoms with E-state index in [4.69, 9.17) is 10.8 Å². The van der Waals surface area contributed by atoms with Crippen molar-refractivity contribution in [1.82, 2.24) is 0 Å². The standard InChI is InChI=1S/C12H16N2O2/c1-12(13,4-5-15)9-2-3-10-8(6-9)7-11(16)14-10/h2-3,6,15H,4-5,7,13H2,1H3,(H,14,16). The molecular formula is C12H16N2O2. The number of nitrogens with one attached hydrogen (secondary N) is 1. The van der Waals surface area contributed by atoms with Crippen molar-refractivity contribution < 1.29 is 9.90 Å². The maximum Gasteiger partial charge on any atom is 0.228 e. The molecule has 1 aromatic rings. The third-order valence-electron chi connectivity index (χ3n) is 3.02. The molecule has 0 bridgehead atoms. The number of aliphatic hydroxyl groups excluding tert-OH is 1. The molecule has 4 heteroatoms. The third kappa shape index (κ3) is 1.94. The largest absolute Gasteiger partial charge is 0.396 e. The second-order valence-electron chi connectivity index (χ2n) is 4.49. The number of rotatable bonds is 3. The first-order valence-corrected chi connectivity index (χ1v) is 5.36. The molecule has 1 atom stereocenters. The van der Waals surface area contributed by atoms with E-state index in [9.17, 15) is 4.79 Å². The molecule has 1 unspecified atom stereocenters. The van der Waals surface area contributed by atoms with Gasteiger partial charge in [-0.2, -0.15) is 0 Å². The number of carbonyl (C=O) groups excluding carboxylic acids is 1. The zero-order valence-electron chi connectivity index (χ0n) is 9.29. The van der Waals surface area contributed by atoms with Gasteiger partial charge in [-0.25, -0.2) is 0 Å². The predicted octanol–water partition coefficient (Wildman–Crippen LogP) is 0.738. The molecule has 1 aliphatic heterocycles. The lowest BCUT2D eigenvalue weighted by atomic mass is 9.88. The molecule has 16 heavy (non-hydrogen) atoms. The molecule has 1 aromatic carbocycles. The number of nitrogens with two attached hydrogens (primary N) is 1. The minimum Gasteiger partial charge on any atom is -0.396 e. The Morgan fingerprint density at radius 2 is 2.31 bits per heavy atom. The number of aliphatic hydroxyl groups is 1. The molecule has 0 aliphatic carbocycles. The fourth-order valence-corrected chi connectivity index (χ4v) is 1.96. The molecule has 0 spiro atoms. The van der Waals surface area contributed by atoms with Gasteiger partial charge in [0.15, 0.2) is 0 Å². The van der Waals surface area contributed by atoms with Gasteiger partial charge in [-0.05, 0) is 30.5 Å². The fourth-order valence-electron chi connectivity index (χ4n) is 1.96. The van der Waals surface area contributed by atoms with Gasteiger partial charge in [0.2, 0.25) is 5.91 Å². The molecular weight excluding hydrogens is 204 g/mol. The maximum atomic E-state index is 11.2. The number of hydrogen-bond donors (Lipinski definition) is 3. The van der Waals surface area contributed by atoms with E-state index >= 15 is 0 Å². The van der Waals surface area contributed by atoms with Gasteiger partial charge in [-0.3, -0.25) is 4.79 Å². The molecule has 0 saturated heterocycles. The first-order chi connectivity index (χ1) is 7.53. The Morgan fingerprint density at radius 3 is 3.00 bits per heavy atom. The highest BCUT2D eigenvalue weighted by molar-refractivity contribution is 5.99. The first kappa shape index (κ1) is 11.1. The van der Waals surface area contributed by atoms with Crippen LogP contribution in [-0.4, -0.2) is 17.6 Å². The number of carbonyl (C=O) groups is 1. The van der Waals surface area contributed by atoms with Crippen molar-refractivity contribution in [3.05, 3.63) is 29.3 Å². The molecule has 2 rings (SSSR count). The summed E-state index contributed by atoms with van der Waals surface area (Å²) in [4.78, 5) is 11.2. The highest BCUT2D eigenvalue weighted by Crippen LogP contribution is 2.29. The predicted molar refractivity (Wildman–Crippen MR) is 62.0 cm³/mol. The van der Waals surface area contributed by atoms with Gasteiger partial charge in [-0.15, -0.1) is 0 Å². The van der Waals surface area contributed by atoms with E-state index < -0.39 is 5.54 Å². The Balaban J connectivity index is 2.32. The summed E-state index contributed by atoms with van der Waals surface area (Å²) in [5, 5.41) is 11.7.